The summed E-state index contributed by atoms with van der Waals surface area (Å²) in [6, 6.07) is 9.01. The van der Waals surface area contributed by atoms with E-state index in [1.165, 1.54) is 6.07 Å². The number of halogens is 3. The normalized spacial score (nSPS) is 11.5. The Hall–Kier alpha value is -2.68. The first-order valence-corrected chi connectivity index (χ1v) is 9.70. The number of nitrogens with zero attached hydrogens (tertiary/aromatic N) is 2. The number of carbonyl (C=O) groups excluding carboxylic acids is 1. The highest BCUT2D eigenvalue weighted by atomic mass is 35.5. The fourth-order valence-electron chi connectivity index (χ4n) is 2.60. The average molecular weight is 453 g/mol. The number of aromatic nitrogens is 3. The van der Waals surface area contributed by atoms with Crippen LogP contribution in [0.2, 0.25) is 10.0 Å². The van der Waals surface area contributed by atoms with Crippen molar-refractivity contribution in [1.29, 1.82) is 0 Å². The van der Waals surface area contributed by atoms with Gasteiger partial charge in [0.15, 0.2) is 5.82 Å². The van der Waals surface area contributed by atoms with Gasteiger partial charge in [0.1, 0.15) is 5.82 Å². The van der Waals surface area contributed by atoms with Crippen molar-refractivity contribution in [2.45, 2.75) is 20.4 Å². The van der Waals surface area contributed by atoms with Crippen LogP contribution in [0.3, 0.4) is 0 Å². The number of aliphatic hydroxyl groups excluding tert-OH is 1. The predicted molar refractivity (Wildman–Crippen MR) is 112 cm³/mol. The highest BCUT2D eigenvalue weighted by molar-refractivity contribution is 6.33. The molecule has 10 heteroatoms. The van der Waals surface area contributed by atoms with Crippen LogP contribution >= 0.6 is 23.2 Å². The zero-order chi connectivity index (χ0) is 22.1. The van der Waals surface area contributed by atoms with Crippen LogP contribution in [0.5, 0.6) is 0 Å². The lowest BCUT2D eigenvalue weighted by Crippen LogP contribution is -2.39. The second-order valence-electron chi connectivity index (χ2n) is 7.32. The van der Waals surface area contributed by atoms with Gasteiger partial charge < -0.3 is 10.4 Å². The van der Waals surface area contributed by atoms with Crippen LogP contribution in [0, 0.1) is 11.2 Å². The van der Waals surface area contributed by atoms with Gasteiger partial charge in [0.2, 0.25) is 5.91 Å². The molecular weight excluding hydrogens is 434 g/mol. The summed E-state index contributed by atoms with van der Waals surface area (Å²) in [6.07, 6.45) is 0. The molecule has 0 bridgehead atoms. The highest BCUT2D eigenvalue weighted by Crippen LogP contribution is 2.28. The van der Waals surface area contributed by atoms with Crippen molar-refractivity contribution in [3.8, 4) is 17.1 Å². The molecule has 3 aromatic rings. The Balaban J connectivity index is 1.93. The molecule has 0 aliphatic carbocycles. The predicted octanol–water partition coefficient (Wildman–Crippen LogP) is 3.31. The summed E-state index contributed by atoms with van der Waals surface area (Å²) in [6.45, 7) is 2.66. The summed E-state index contributed by atoms with van der Waals surface area (Å²) < 4.78 is 15.5. The second kappa shape index (κ2) is 8.59. The van der Waals surface area contributed by atoms with Crippen LogP contribution < -0.4 is 11.0 Å². The van der Waals surface area contributed by atoms with Crippen molar-refractivity contribution < 1.29 is 14.3 Å². The lowest BCUT2D eigenvalue weighted by molar-refractivity contribution is -0.131. The van der Waals surface area contributed by atoms with Gasteiger partial charge in [-0.05, 0) is 50.2 Å². The first-order chi connectivity index (χ1) is 14.1. The van der Waals surface area contributed by atoms with E-state index in [0.29, 0.717) is 16.3 Å². The first kappa shape index (κ1) is 22.0. The summed E-state index contributed by atoms with van der Waals surface area (Å²) in [5.74, 6) is -0.908. The third kappa shape index (κ3) is 4.56. The minimum Gasteiger partial charge on any atom is -0.395 e. The molecule has 1 amide bonds. The summed E-state index contributed by atoms with van der Waals surface area (Å²) in [7, 11) is 0. The van der Waals surface area contributed by atoms with E-state index in [-0.39, 0.29) is 29.6 Å². The molecule has 30 heavy (non-hydrogen) atoms. The Bertz CT molecular complexity index is 1140. The van der Waals surface area contributed by atoms with Gasteiger partial charge in [0.25, 0.3) is 0 Å². The van der Waals surface area contributed by atoms with E-state index in [9.17, 15) is 19.1 Å². The Morgan fingerprint density at radius 1 is 1.27 bits per heavy atom. The Kier molecular flexibility index (Phi) is 6.30. The van der Waals surface area contributed by atoms with Gasteiger partial charge in [0, 0.05) is 22.7 Å². The number of amides is 1. The van der Waals surface area contributed by atoms with Crippen molar-refractivity contribution in [3.05, 3.63) is 68.3 Å². The highest BCUT2D eigenvalue weighted by Gasteiger charge is 2.26. The van der Waals surface area contributed by atoms with Crippen molar-refractivity contribution >= 4 is 29.1 Å². The molecular formula is C20H19Cl2FN4O3. The SMILES string of the molecule is CC(C)(CO)C(=O)NCc1cc(-c2nn(-c3ccc(Cl)cc3)c(=O)[nH]2)c(Cl)cc1F. The molecule has 0 aliphatic heterocycles. The number of carbonyl (C=O) groups is 1. The summed E-state index contributed by atoms with van der Waals surface area (Å²) in [5.41, 5.74) is -0.572. The number of hydrogen-bond donors (Lipinski definition) is 3. The quantitative estimate of drug-likeness (QED) is 0.533. The smallest absolute Gasteiger partial charge is 0.348 e. The topological polar surface area (TPSA) is 100 Å². The van der Waals surface area contributed by atoms with Gasteiger partial charge in [0.05, 0.1) is 22.7 Å². The number of hydrogen-bond acceptors (Lipinski definition) is 4. The summed E-state index contributed by atoms with van der Waals surface area (Å²) in [4.78, 5) is 27.1. The Morgan fingerprint density at radius 3 is 2.57 bits per heavy atom. The van der Waals surface area contributed by atoms with Crippen molar-refractivity contribution in [1.82, 2.24) is 20.1 Å². The van der Waals surface area contributed by atoms with Crippen LogP contribution in [0.15, 0.2) is 41.2 Å². The van der Waals surface area contributed by atoms with Crippen LogP contribution in [0.4, 0.5) is 4.39 Å². The van der Waals surface area contributed by atoms with E-state index in [2.05, 4.69) is 15.4 Å². The molecule has 0 spiro atoms. The molecule has 0 fully saturated rings. The maximum Gasteiger partial charge on any atom is 0.348 e. The van der Waals surface area contributed by atoms with Crippen LogP contribution in [-0.4, -0.2) is 32.4 Å². The van der Waals surface area contributed by atoms with E-state index < -0.39 is 22.8 Å². The van der Waals surface area contributed by atoms with E-state index in [1.54, 1.807) is 38.1 Å². The molecule has 0 saturated carbocycles. The van der Waals surface area contributed by atoms with Gasteiger partial charge >= 0.3 is 5.69 Å². The van der Waals surface area contributed by atoms with Gasteiger partial charge in [-0.15, -0.1) is 5.10 Å². The van der Waals surface area contributed by atoms with E-state index in [4.69, 9.17) is 23.2 Å². The maximum absolute atomic E-state index is 14.4. The number of H-pyrrole nitrogens is 1. The van der Waals surface area contributed by atoms with Gasteiger partial charge in [-0.3, -0.25) is 9.78 Å². The zero-order valence-corrected chi connectivity index (χ0v) is 17.7. The fourth-order valence-corrected chi connectivity index (χ4v) is 2.97. The number of benzene rings is 2. The lowest BCUT2D eigenvalue weighted by atomic mass is 9.93. The number of rotatable bonds is 6. The molecule has 1 heterocycles. The van der Waals surface area contributed by atoms with Gasteiger partial charge in [-0.25, -0.2) is 9.18 Å². The third-order valence-corrected chi connectivity index (χ3v) is 5.09. The number of aliphatic hydroxyl groups is 1. The van der Waals surface area contributed by atoms with Crippen molar-refractivity contribution in [3.63, 3.8) is 0 Å². The van der Waals surface area contributed by atoms with E-state index >= 15 is 0 Å². The maximum atomic E-state index is 14.4. The Morgan fingerprint density at radius 2 is 1.93 bits per heavy atom. The summed E-state index contributed by atoms with van der Waals surface area (Å²) in [5, 5.41) is 16.7. The van der Waals surface area contributed by atoms with Crippen LogP contribution in [-0.2, 0) is 11.3 Å². The van der Waals surface area contributed by atoms with E-state index in [0.717, 1.165) is 10.7 Å². The molecule has 0 radical (unpaired) electrons. The van der Waals surface area contributed by atoms with Gasteiger partial charge in [-0.2, -0.15) is 4.68 Å². The molecule has 0 aliphatic rings. The molecule has 1 aromatic heterocycles. The zero-order valence-electron chi connectivity index (χ0n) is 16.2. The molecule has 3 N–H and O–H groups in total. The monoisotopic (exact) mass is 452 g/mol. The summed E-state index contributed by atoms with van der Waals surface area (Å²) >= 11 is 12.0. The molecule has 0 atom stereocenters. The molecule has 2 aromatic carbocycles. The van der Waals surface area contributed by atoms with Crippen LogP contribution in [0.1, 0.15) is 19.4 Å². The Labute approximate surface area is 181 Å². The fraction of sp³-hybridized carbons (Fsp3) is 0.250. The van der Waals surface area contributed by atoms with Crippen molar-refractivity contribution in [2.24, 2.45) is 5.41 Å². The minimum absolute atomic E-state index is 0.0512. The third-order valence-electron chi connectivity index (χ3n) is 4.53. The average Bonchev–Trinajstić information content (AvgIpc) is 3.09. The lowest BCUT2D eigenvalue weighted by Gasteiger charge is -2.20. The standard InChI is InChI=1S/C20H19Cl2FN4O3/c1-20(2,10-28)18(29)24-9-11-7-14(15(22)8-16(11)23)17-25-19(30)27(26-17)13-5-3-12(21)4-6-13/h3-8,28H,9-10H2,1-2H3,(H,24,29)(H,25,26,30). The molecule has 0 saturated heterocycles. The number of nitrogens with one attached hydrogen (secondary N) is 2. The van der Waals surface area contributed by atoms with Crippen molar-refractivity contribution in [2.75, 3.05) is 6.61 Å². The van der Waals surface area contributed by atoms with Crippen LogP contribution in [0.25, 0.3) is 17.1 Å². The minimum atomic E-state index is -1.01. The van der Waals surface area contributed by atoms with E-state index in [1.807, 2.05) is 0 Å². The number of aromatic amines is 1. The molecule has 3 rings (SSSR count). The molecule has 0 unspecified atom stereocenters. The molecule has 7 nitrogen and oxygen atoms in total. The second-order valence-corrected chi connectivity index (χ2v) is 8.16. The largest absolute Gasteiger partial charge is 0.395 e. The van der Waals surface area contributed by atoms with Gasteiger partial charge in [-0.1, -0.05) is 23.2 Å². The first-order valence-electron chi connectivity index (χ1n) is 8.95. The molecule has 158 valence electrons.